The maximum Gasteiger partial charge on any atom is 0.0422 e. The van der Waals surface area contributed by atoms with Crippen LogP contribution in [0.4, 0.5) is 0 Å². The lowest BCUT2D eigenvalue weighted by Gasteiger charge is -2.29. The van der Waals surface area contributed by atoms with Gasteiger partial charge < -0.3 is 5.73 Å². The molecule has 0 heterocycles. The molecule has 0 spiro atoms. The Hall–Kier alpha value is -1.60. The van der Waals surface area contributed by atoms with Crippen LogP contribution in [0.2, 0.25) is 0 Å². The average molecular weight is 223 g/mol. The summed E-state index contributed by atoms with van der Waals surface area (Å²) in [6.45, 7) is 4.23. The third-order valence-electron chi connectivity index (χ3n) is 3.62. The molecule has 2 aromatic rings. The highest BCUT2D eigenvalue weighted by atomic mass is 14.7. The molecule has 0 aliphatic heterocycles. The second-order valence-electron chi connectivity index (χ2n) is 5.31. The van der Waals surface area contributed by atoms with Crippen LogP contribution in [0.1, 0.15) is 30.0 Å². The van der Waals surface area contributed by atoms with Gasteiger partial charge in [0.1, 0.15) is 0 Å². The molecule has 2 aromatic carbocycles. The zero-order valence-electron chi connectivity index (χ0n) is 10.3. The smallest absolute Gasteiger partial charge is 0.0422 e. The molecular weight excluding hydrogens is 206 g/mol. The Morgan fingerprint density at radius 1 is 1.12 bits per heavy atom. The number of rotatable bonds is 0. The van der Waals surface area contributed by atoms with Crippen molar-refractivity contribution in [1.82, 2.24) is 0 Å². The van der Waals surface area contributed by atoms with Crippen molar-refractivity contribution in [3.05, 3.63) is 53.1 Å². The van der Waals surface area contributed by atoms with Crippen molar-refractivity contribution in [3.63, 3.8) is 0 Å². The Kier molecular flexibility index (Phi) is 2.14. The number of hydrogen-bond acceptors (Lipinski definition) is 1. The normalized spacial score (nSPS) is 22.8. The van der Waals surface area contributed by atoms with Gasteiger partial charge in [0.15, 0.2) is 0 Å². The van der Waals surface area contributed by atoms with E-state index in [0.717, 1.165) is 6.42 Å². The summed E-state index contributed by atoms with van der Waals surface area (Å²) in [5, 5.41) is 2.58. The van der Waals surface area contributed by atoms with Crippen LogP contribution in [0.25, 0.3) is 16.8 Å². The summed E-state index contributed by atoms with van der Waals surface area (Å²) in [5.41, 5.74) is 9.95. The van der Waals surface area contributed by atoms with Crippen LogP contribution in [0.15, 0.2) is 36.4 Å². The molecule has 1 unspecified atom stereocenters. The zero-order valence-corrected chi connectivity index (χ0v) is 10.3. The van der Waals surface area contributed by atoms with E-state index in [1.807, 2.05) is 0 Å². The van der Waals surface area contributed by atoms with Crippen molar-refractivity contribution in [1.29, 1.82) is 0 Å². The second-order valence-corrected chi connectivity index (χ2v) is 5.31. The average Bonchev–Trinajstić information content (AvgIpc) is 2.26. The number of nitrogens with two attached hydrogens (primary N) is 1. The highest BCUT2D eigenvalue weighted by molar-refractivity contribution is 5.87. The molecule has 0 amide bonds. The van der Waals surface area contributed by atoms with E-state index >= 15 is 0 Å². The third-order valence-corrected chi connectivity index (χ3v) is 3.62. The summed E-state index contributed by atoms with van der Waals surface area (Å²) >= 11 is 0. The van der Waals surface area contributed by atoms with Crippen LogP contribution in [-0.4, -0.2) is 0 Å². The van der Waals surface area contributed by atoms with Gasteiger partial charge in [-0.2, -0.15) is 0 Å². The first-order valence-electron chi connectivity index (χ1n) is 6.07. The van der Waals surface area contributed by atoms with Gasteiger partial charge in [-0.05, 0) is 54.3 Å². The lowest BCUT2D eigenvalue weighted by atomic mass is 9.81. The number of aryl methyl sites for hydroxylation is 1. The Morgan fingerprint density at radius 2 is 1.94 bits per heavy atom. The van der Waals surface area contributed by atoms with Gasteiger partial charge in [-0.1, -0.05) is 35.9 Å². The molecule has 17 heavy (non-hydrogen) atoms. The lowest BCUT2D eigenvalue weighted by molar-refractivity contribution is 0.498. The quantitative estimate of drug-likeness (QED) is 0.723. The number of hydrogen-bond donors (Lipinski definition) is 1. The Balaban J connectivity index is 2.33. The number of benzene rings is 2. The Morgan fingerprint density at radius 3 is 2.76 bits per heavy atom. The van der Waals surface area contributed by atoms with Gasteiger partial charge in [0.25, 0.3) is 0 Å². The van der Waals surface area contributed by atoms with E-state index < -0.39 is 0 Å². The standard InChI is InChI=1S/C16H17N/c1-11-5-6-12-10-15-13(9-14(12)8-11)4-3-7-16(15,2)17/h3-6,8-10H,7,17H2,1-2H3. The first-order valence-corrected chi connectivity index (χ1v) is 6.07. The maximum absolute atomic E-state index is 6.36. The van der Waals surface area contributed by atoms with Crippen LogP contribution in [0.5, 0.6) is 0 Å². The molecule has 0 bridgehead atoms. The molecule has 2 N–H and O–H groups in total. The maximum atomic E-state index is 6.36. The van der Waals surface area contributed by atoms with E-state index in [2.05, 4.69) is 56.3 Å². The largest absolute Gasteiger partial charge is 0.321 e. The monoisotopic (exact) mass is 223 g/mol. The van der Waals surface area contributed by atoms with Crippen LogP contribution < -0.4 is 5.73 Å². The van der Waals surface area contributed by atoms with Gasteiger partial charge in [-0.15, -0.1) is 0 Å². The van der Waals surface area contributed by atoms with Crippen LogP contribution in [0, 0.1) is 6.92 Å². The van der Waals surface area contributed by atoms with Crippen molar-refractivity contribution in [3.8, 4) is 0 Å². The van der Waals surface area contributed by atoms with Gasteiger partial charge in [-0.3, -0.25) is 0 Å². The summed E-state index contributed by atoms with van der Waals surface area (Å²) in [4.78, 5) is 0. The molecule has 1 aliphatic rings. The van der Waals surface area contributed by atoms with Crippen molar-refractivity contribution in [2.45, 2.75) is 25.8 Å². The fraction of sp³-hybridized carbons (Fsp3) is 0.250. The molecule has 1 nitrogen and oxygen atoms in total. The number of fused-ring (bicyclic) bond motifs is 2. The van der Waals surface area contributed by atoms with E-state index in [0.29, 0.717) is 0 Å². The molecule has 1 heteroatoms. The predicted molar refractivity (Wildman–Crippen MR) is 73.9 cm³/mol. The van der Waals surface area contributed by atoms with Crippen LogP contribution >= 0.6 is 0 Å². The highest BCUT2D eigenvalue weighted by Crippen LogP contribution is 2.34. The van der Waals surface area contributed by atoms with E-state index in [1.165, 1.54) is 27.5 Å². The lowest BCUT2D eigenvalue weighted by Crippen LogP contribution is -2.34. The summed E-state index contributed by atoms with van der Waals surface area (Å²) in [5.74, 6) is 0. The third kappa shape index (κ3) is 1.67. The fourth-order valence-electron chi connectivity index (χ4n) is 2.61. The minimum atomic E-state index is -0.233. The summed E-state index contributed by atoms with van der Waals surface area (Å²) in [6, 6.07) is 11.1. The fourth-order valence-corrected chi connectivity index (χ4v) is 2.61. The van der Waals surface area contributed by atoms with Gasteiger partial charge >= 0.3 is 0 Å². The van der Waals surface area contributed by atoms with E-state index in [-0.39, 0.29) is 5.54 Å². The van der Waals surface area contributed by atoms with E-state index in [4.69, 9.17) is 5.73 Å². The minimum Gasteiger partial charge on any atom is -0.321 e. The zero-order chi connectivity index (χ0) is 12.0. The highest BCUT2D eigenvalue weighted by Gasteiger charge is 2.25. The summed E-state index contributed by atoms with van der Waals surface area (Å²) in [6.07, 6.45) is 5.27. The minimum absolute atomic E-state index is 0.233. The van der Waals surface area contributed by atoms with E-state index in [9.17, 15) is 0 Å². The molecule has 1 atom stereocenters. The molecule has 0 fully saturated rings. The Bertz CT molecular complexity index is 621. The van der Waals surface area contributed by atoms with Crippen molar-refractivity contribution in [2.24, 2.45) is 5.73 Å². The van der Waals surface area contributed by atoms with Gasteiger partial charge in [0.2, 0.25) is 0 Å². The van der Waals surface area contributed by atoms with Gasteiger partial charge in [0, 0.05) is 5.54 Å². The van der Waals surface area contributed by atoms with Crippen LogP contribution in [0.3, 0.4) is 0 Å². The van der Waals surface area contributed by atoms with E-state index in [1.54, 1.807) is 0 Å². The first kappa shape index (κ1) is 10.5. The predicted octanol–water partition coefficient (Wildman–Crippen LogP) is 3.74. The topological polar surface area (TPSA) is 26.0 Å². The molecule has 1 aliphatic carbocycles. The van der Waals surface area contributed by atoms with Crippen molar-refractivity contribution < 1.29 is 0 Å². The SMILES string of the molecule is Cc1ccc2cc3c(cc2c1)C=CCC3(C)N. The molecule has 0 saturated heterocycles. The molecule has 86 valence electrons. The van der Waals surface area contributed by atoms with Crippen molar-refractivity contribution in [2.75, 3.05) is 0 Å². The molecule has 0 radical (unpaired) electrons. The van der Waals surface area contributed by atoms with Crippen LogP contribution in [-0.2, 0) is 5.54 Å². The molecule has 3 rings (SSSR count). The van der Waals surface area contributed by atoms with Gasteiger partial charge in [-0.25, -0.2) is 0 Å². The summed E-state index contributed by atoms with van der Waals surface area (Å²) < 4.78 is 0. The summed E-state index contributed by atoms with van der Waals surface area (Å²) in [7, 11) is 0. The van der Waals surface area contributed by atoms with Crippen molar-refractivity contribution >= 4 is 16.8 Å². The Labute approximate surface area is 102 Å². The molecule has 0 saturated carbocycles. The molecular formula is C16H17N. The first-order chi connectivity index (χ1) is 8.06. The van der Waals surface area contributed by atoms with Gasteiger partial charge in [0.05, 0.1) is 0 Å². The molecule has 0 aromatic heterocycles. The second kappa shape index (κ2) is 3.44.